The van der Waals surface area contributed by atoms with Crippen molar-refractivity contribution in [3.05, 3.63) is 28.9 Å². The van der Waals surface area contributed by atoms with Crippen LogP contribution in [0.4, 0.5) is 5.95 Å². The third kappa shape index (κ3) is 1.89. The third-order valence-corrected chi connectivity index (χ3v) is 3.46. The van der Waals surface area contributed by atoms with Crippen LogP contribution in [0.5, 0.6) is 0 Å². The zero-order valence-electron chi connectivity index (χ0n) is 8.94. The number of aromatic nitrogens is 2. The van der Waals surface area contributed by atoms with Gasteiger partial charge in [0.15, 0.2) is 0 Å². The second-order valence-corrected chi connectivity index (χ2v) is 5.28. The highest BCUT2D eigenvalue weighted by Gasteiger charge is 2.32. The Bertz CT molecular complexity index is 541. The highest BCUT2D eigenvalue weighted by molar-refractivity contribution is 9.10. The van der Waals surface area contributed by atoms with Crippen LogP contribution in [0.25, 0.3) is 10.9 Å². The van der Waals surface area contributed by atoms with E-state index in [9.17, 15) is 0 Å². The normalized spacial score (nSPS) is 23.4. The van der Waals surface area contributed by atoms with E-state index < -0.39 is 0 Å². The number of hydrogen-bond donors (Lipinski definition) is 1. The molecule has 16 heavy (non-hydrogen) atoms. The summed E-state index contributed by atoms with van der Waals surface area (Å²) in [7, 11) is 0. The van der Waals surface area contributed by atoms with Crippen molar-refractivity contribution in [1.82, 2.24) is 9.97 Å². The fourth-order valence-electron chi connectivity index (χ4n) is 1.76. The Morgan fingerprint density at radius 3 is 3.00 bits per heavy atom. The number of halogens is 1. The third-order valence-electron chi connectivity index (χ3n) is 2.97. The van der Waals surface area contributed by atoms with Gasteiger partial charge in [-0.25, -0.2) is 9.97 Å². The molecule has 82 valence electrons. The van der Waals surface area contributed by atoms with E-state index in [2.05, 4.69) is 38.1 Å². The summed E-state index contributed by atoms with van der Waals surface area (Å²) < 4.78 is 1.06. The first-order valence-corrected chi connectivity index (χ1v) is 6.20. The van der Waals surface area contributed by atoms with Crippen LogP contribution in [0.1, 0.15) is 13.3 Å². The zero-order chi connectivity index (χ0) is 11.1. The van der Waals surface area contributed by atoms with Crippen LogP contribution in [-0.2, 0) is 0 Å². The molecule has 0 radical (unpaired) electrons. The summed E-state index contributed by atoms with van der Waals surface area (Å²) in [6.07, 6.45) is 3.09. The van der Waals surface area contributed by atoms with E-state index in [0.717, 1.165) is 27.2 Å². The molecule has 1 aliphatic rings. The van der Waals surface area contributed by atoms with E-state index >= 15 is 0 Å². The maximum atomic E-state index is 4.49. The summed E-state index contributed by atoms with van der Waals surface area (Å²) in [5, 5.41) is 4.40. The fourth-order valence-corrected chi connectivity index (χ4v) is 2.14. The van der Waals surface area contributed by atoms with E-state index in [4.69, 9.17) is 0 Å². The van der Waals surface area contributed by atoms with Gasteiger partial charge in [-0.15, -0.1) is 0 Å². The number of anilines is 1. The van der Waals surface area contributed by atoms with Crippen molar-refractivity contribution in [2.45, 2.75) is 19.4 Å². The van der Waals surface area contributed by atoms with Gasteiger partial charge in [-0.2, -0.15) is 0 Å². The van der Waals surface area contributed by atoms with Crippen molar-refractivity contribution in [3.8, 4) is 0 Å². The maximum absolute atomic E-state index is 4.49. The SMILES string of the molecule is CC1CC1Nc1ncc2cc(Br)ccc2n1. The first-order chi connectivity index (χ1) is 7.72. The van der Waals surface area contributed by atoms with Crippen LogP contribution in [0.2, 0.25) is 0 Å². The second kappa shape index (κ2) is 3.70. The molecule has 1 aromatic carbocycles. The molecule has 0 bridgehead atoms. The first kappa shape index (κ1) is 10.0. The van der Waals surface area contributed by atoms with Crippen LogP contribution < -0.4 is 5.32 Å². The Hall–Kier alpha value is -1.16. The fraction of sp³-hybridized carbons (Fsp3) is 0.333. The molecule has 1 aromatic heterocycles. The largest absolute Gasteiger partial charge is 0.351 e. The molecule has 0 saturated heterocycles. The van der Waals surface area contributed by atoms with Gasteiger partial charge in [-0.3, -0.25) is 0 Å². The molecule has 3 rings (SSSR count). The highest BCUT2D eigenvalue weighted by atomic mass is 79.9. The second-order valence-electron chi connectivity index (χ2n) is 4.36. The summed E-state index contributed by atoms with van der Waals surface area (Å²) in [4.78, 5) is 8.81. The number of nitrogens with one attached hydrogen (secondary N) is 1. The lowest BCUT2D eigenvalue weighted by molar-refractivity contribution is 0.917. The number of hydrogen-bond acceptors (Lipinski definition) is 3. The van der Waals surface area contributed by atoms with Gasteiger partial charge in [0, 0.05) is 22.1 Å². The van der Waals surface area contributed by atoms with Crippen molar-refractivity contribution in [2.75, 3.05) is 5.32 Å². The Morgan fingerprint density at radius 2 is 2.25 bits per heavy atom. The minimum atomic E-state index is 0.563. The molecule has 2 aromatic rings. The molecule has 0 spiro atoms. The predicted molar refractivity (Wildman–Crippen MR) is 68.4 cm³/mol. The van der Waals surface area contributed by atoms with Gasteiger partial charge in [0.1, 0.15) is 0 Å². The Balaban J connectivity index is 1.93. The maximum Gasteiger partial charge on any atom is 0.223 e. The summed E-state index contributed by atoms with van der Waals surface area (Å²) in [5.41, 5.74) is 0.981. The lowest BCUT2D eigenvalue weighted by Gasteiger charge is -2.04. The first-order valence-electron chi connectivity index (χ1n) is 5.41. The number of nitrogens with zero attached hydrogens (tertiary/aromatic N) is 2. The molecule has 4 heteroatoms. The van der Waals surface area contributed by atoms with Crippen LogP contribution in [0.3, 0.4) is 0 Å². The summed E-state index contributed by atoms with van der Waals surface area (Å²) >= 11 is 3.44. The van der Waals surface area contributed by atoms with Gasteiger partial charge in [0.25, 0.3) is 0 Å². The van der Waals surface area contributed by atoms with Gasteiger partial charge in [-0.05, 0) is 30.5 Å². The molecule has 1 heterocycles. The molecule has 1 N–H and O–H groups in total. The van der Waals surface area contributed by atoms with Crippen LogP contribution in [0.15, 0.2) is 28.9 Å². The van der Waals surface area contributed by atoms with Crippen LogP contribution >= 0.6 is 15.9 Å². The van der Waals surface area contributed by atoms with Crippen LogP contribution in [-0.4, -0.2) is 16.0 Å². The molecule has 1 saturated carbocycles. The summed E-state index contributed by atoms with van der Waals surface area (Å²) in [6, 6.07) is 6.59. The molecular weight excluding hydrogens is 266 g/mol. The van der Waals surface area contributed by atoms with Gasteiger partial charge in [0.2, 0.25) is 5.95 Å². The summed E-state index contributed by atoms with van der Waals surface area (Å²) in [6.45, 7) is 2.23. The number of benzene rings is 1. The monoisotopic (exact) mass is 277 g/mol. The van der Waals surface area contributed by atoms with Crippen molar-refractivity contribution in [2.24, 2.45) is 5.92 Å². The van der Waals surface area contributed by atoms with Crippen LogP contribution in [0, 0.1) is 5.92 Å². The Kier molecular flexibility index (Phi) is 2.32. The molecule has 2 atom stereocenters. The van der Waals surface area contributed by atoms with Gasteiger partial charge >= 0.3 is 0 Å². The highest BCUT2D eigenvalue weighted by Crippen LogP contribution is 2.31. The molecular formula is C12H12BrN3. The molecule has 1 aliphatic carbocycles. The summed E-state index contributed by atoms with van der Waals surface area (Å²) in [5.74, 6) is 1.49. The quantitative estimate of drug-likeness (QED) is 0.916. The van der Waals surface area contributed by atoms with Crippen molar-refractivity contribution >= 4 is 32.8 Å². The van der Waals surface area contributed by atoms with Crippen molar-refractivity contribution in [3.63, 3.8) is 0 Å². The molecule has 1 fully saturated rings. The van der Waals surface area contributed by atoms with E-state index in [0.29, 0.717) is 6.04 Å². The lowest BCUT2D eigenvalue weighted by Crippen LogP contribution is -2.06. The van der Waals surface area contributed by atoms with Crippen molar-refractivity contribution < 1.29 is 0 Å². The molecule has 3 nitrogen and oxygen atoms in total. The zero-order valence-corrected chi connectivity index (χ0v) is 10.5. The molecule has 0 amide bonds. The lowest BCUT2D eigenvalue weighted by atomic mass is 10.2. The average Bonchev–Trinajstić information content (AvgIpc) is 2.95. The standard InChI is InChI=1S/C12H12BrN3/c1-7-4-11(7)16-12-14-6-8-5-9(13)2-3-10(8)15-12/h2-3,5-7,11H,4H2,1H3,(H,14,15,16). The minimum Gasteiger partial charge on any atom is -0.351 e. The van der Waals surface area contributed by atoms with E-state index in [1.807, 2.05) is 24.4 Å². The minimum absolute atomic E-state index is 0.563. The Labute approximate surface area is 102 Å². The van der Waals surface area contributed by atoms with Gasteiger partial charge in [-0.1, -0.05) is 22.9 Å². The topological polar surface area (TPSA) is 37.8 Å². The van der Waals surface area contributed by atoms with Crippen molar-refractivity contribution in [1.29, 1.82) is 0 Å². The number of fused-ring (bicyclic) bond motifs is 1. The van der Waals surface area contributed by atoms with Gasteiger partial charge < -0.3 is 5.32 Å². The molecule has 0 aliphatic heterocycles. The smallest absolute Gasteiger partial charge is 0.223 e. The molecule has 2 unspecified atom stereocenters. The number of rotatable bonds is 2. The van der Waals surface area contributed by atoms with E-state index in [1.54, 1.807) is 0 Å². The predicted octanol–water partition coefficient (Wildman–Crippen LogP) is 3.21. The van der Waals surface area contributed by atoms with E-state index in [1.165, 1.54) is 6.42 Å². The van der Waals surface area contributed by atoms with Gasteiger partial charge in [0.05, 0.1) is 5.52 Å². The van der Waals surface area contributed by atoms with E-state index in [-0.39, 0.29) is 0 Å². The average molecular weight is 278 g/mol. The Morgan fingerprint density at radius 1 is 1.44 bits per heavy atom.